The second kappa shape index (κ2) is 2.51. The molecule has 1 aliphatic carbocycles. The van der Waals surface area contributed by atoms with Gasteiger partial charge in [0.1, 0.15) is 5.75 Å². The largest absolute Gasteiger partial charge is 0.508 e. The van der Waals surface area contributed by atoms with Crippen LogP contribution in [0.4, 0.5) is 0 Å². The van der Waals surface area contributed by atoms with Gasteiger partial charge < -0.3 is 10.4 Å². The van der Waals surface area contributed by atoms with Crippen LogP contribution in [0.2, 0.25) is 0 Å². The van der Waals surface area contributed by atoms with E-state index in [4.69, 9.17) is 0 Å². The summed E-state index contributed by atoms with van der Waals surface area (Å²) in [7, 11) is 0. The Balaban J connectivity index is 2.17. The molecule has 1 aliphatic heterocycles. The smallest absolute Gasteiger partial charge is 0.115 e. The van der Waals surface area contributed by atoms with E-state index in [1.54, 1.807) is 6.07 Å². The van der Waals surface area contributed by atoms with E-state index in [1.807, 2.05) is 6.07 Å². The quantitative estimate of drug-likeness (QED) is 0.649. The van der Waals surface area contributed by atoms with Crippen LogP contribution in [0.15, 0.2) is 18.2 Å². The minimum atomic E-state index is 0.258. The van der Waals surface area contributed by atoms with Crippen molar-refractivity contribution >= 4 is 0 Å². The Morgan fingerprint density at radius 2 is 2.36 bits per heavy atom. The fourth-order valence-corrected chi connectivity index (χ4v) is 3.02. The van der Waals surface area contributed by atoms with Gasteiger partial charge in [0.25, 0.3) is 0 Å². The van der Waals surface area contributed by atoms with Crippen LogP contribution in [0.1, 0.15) is 24.5 Å². The molecular weight excluding hydrogens is 174 g/mol. The third-order valence-electron chi connectivity index (χ3n) is 3.94. The molecule has 2 aliphatic rings. The topological polar surface area (TPSA) is 32.3 Å². The third-order valence-corrected chi connectivity index (χ3v) is 3.94. The highest BCUT2D eigenvalue weighted by Gasteiger charge is 2.45. The van der Waals surface area contributed by atoms with Crippen molar-refractivity contribution < 1.29 is 5.11 Å². The molecule has 0 radical (unpaired) electrons. The number of phenolic OH excluding ortho intramolecular Hbond substituents is 1. The first kappa shape index (κ1) is 8.30. The first-order valence-electron chi connectivity index (χ1n) is 5.26. The van der Waals surface area contributed by atoms with Crippen LogP contribution >= 0.6 is 0 Å². The molecule has 0 spiro atoms. The standard InChI is InChI=1S/C12H15NO/c1-12-4-5-13-11(12)6-8-2-3-9(14)7-10(8)12/h2-3,7,11,13-14H,4-6H2,1H3. The first-order chi connectivity index (χ1) is 6.70. The van der Waals surface area contributed by atoms with E-state index in [-0.39, 0.29) is 5.41 Å². The molecule has 3 rings (SSSR count). The molecule has 0 bridgehead atoms. The van der Waals surface area contributed by atoms with Gasteiger partial charge in [-0.1, -0.05) is 13.0 Å². The van der Waals surface area contributed by atoms with Gasteiger partial charge >= 0.3 is 0 Å². The van der Waals surface area contributed by atoms with E-state index in [2.05, 4.69) is 18.3 Å². The molecule has 0 aromatic heterocycles. The maximum absolute atomic E-state index is 9.51. The lowest BCUT2D eigenvalue weighted by Crippen LogP contribution is -2.33. The molecule has 2 N–H and O–H groups in total. The van der Waals surface area contributed by atoms with Gasteiger partial charge in [-0.3, -0.25) is 0 Å². The molecule has 0 saturated carbocycles. The lowest BCUT2D eigenvalue weighted by atomic mass is 9.81. The molecule has 2 unspecified atom stereocenters. The minimum Gasteiger partial charge on any atom is -0.508 e. The van der Waals surface area contributed by atoms with Crippen molar-refractivity contribution in [1.82, 2.24) is 5.32 Å². The third kappa shape index (κ3) is 0.894. The Labute approximate surface area is 84.0 Å². The Kier molecular flexibility index (Phi) is 1.49. The van der Waals surface area contributed by atoms with E-state index in [1.165, 1.54) is 17.5 Å². The van der Waals surface area contributed by atoms with Gasteiger partial charge in [0.15, 0.2) is 0 Å². The summed E-state index contributed by atoms with van der Waals surface area (Å²) in [5.41, 5.74) is 3.02. The second-order valence-electron chi connectivity index (χ2n) is 4.72. The van der Waals surface area contributed by atoms with Gasteiger partial charge in [-0.25, -0.2) is 0 Å². The minimum absolute atomic E-state index is 0.258. The first-order valence-corrected chi connectivity index (χ1v) is 5.26. The number of rotatable bonds is 0. The second-order valence-corrected chi connectivity index (χ2v) is 4.72. The highest BCUT2D eigenvalue weighted by molar-refractivity contribution is 5.46. The molecular formula is C12H15NO. The van der Waals surface area contributed by atoms with Gasteiger partial charge in [0.05, 0.1) is 0 Å². The van der Waals surface area contributed by atoms with Gasteiger partial charge in [-0.2, -0.15) is 0 Å². The summed E-state index contributed by atoms with van der Waals surface area (Å²) in [5, 5.41) is 13.1. The highest BCUT2D eigenvalue weighted by Crippen LogP contribution is 2.45. The zero-order valence-electron chi connectivity index (χ0n) is 8.38. The van der Waals surface area contributed by atoms with Crippen LogP contribution in [0, 0.1) is 0 Å². The van der Waals surface area contributed by atoms with Gasteiger partial charge in [-0.15, -0.1) is 0 Å². The summed E-state index contributed by atoms with van der Waals surface area (Å²) in [6.45, 7) is 3.42. The van der Waals surface area contributed by atoms with Crippen LogP contribution in [0.5, 0.6) is 5.75 Å². The van der Waals surface area contributed by atoms with Crippen molar-refractivity contribution in [2.45, 2.75) is 31.2 Å². The van der Waals surface area contributed by atoms with Gasteiger partial charge in [-0.05, 0) is 42.6 Å². The van der Waals surface area contributed by atoms with Crippen molar-refractivity contribution in [2.75, 3.05) is 6.54 Å². The van der Waals surface area contributed by atoms with Crippen LogP contribution in [-0.4, -0.2) is 17.7 Å². The monoisotopic (exact) mass is 189 g/mol. The zero-order chi connectivity index (χ0) is 9.76. The SMILES string of the molecule is CC12CCNC1Cc1ccc(O)cc12. The summed E-state index contributed by atoms with van der Waals surface area (Å²) in [6.07, 6.45) is 2.31. The summed E-state index contributed by atoms with van der Waals surface area (Å²) >= 11 is 0. The van der Waals surface area contributed by atoms with E-state index in [0.717, 1.165) is 13.0 Å². The maximum Gasteiger partial charge on any atom is 0.115 e. The number of aromatic hydroxyl groups is 1. The van der Waals surface area contributed by atoms with E-state index in [0.29, 0.717) is 11.8 Å². The zero-order valence-corrected chi connectivity index (χ0v) is 8.38. The average molecular weight is 189 g/mol. The number of hydrogen-bond donors (Lipinski definition) is 2. The van der Waals surface area contributed by atoms with Gasteiger partial charge in [0.2, 0.25) is 0 Å². The molecule has 1 aromatic carbocycles. The van der Waals surface area contributed by atoms with E-state index in [9.17, 15) is 5.11 Å². The van der Waals surface area contributed by atoms with Crippen LogP contribution < -0.4 is 5.32 Å². The van der Waals surface area contributed by atoms with Crippen molar-refractivity contribution in [1.29, 1.82) is 0 Å². The molecule has 14 heavy (non-hydrogen) atoms. The van der Waals surface area contributed by atoms with E-state index >= 15 is 0 Å². The Bertz CT molecular complexity index is 388. The molecule has 1 fully saturated rings. The Morgan fingerprint density at radius 1 is 1.50 bits per heavy atom. The lowest BCUT2D eigenvalue weighted by Gasteiger charge is -2.24. The van der Waals surface area contributed by atoms with Crippen molar-refractivity contribution in [3.05, 3.63) is 29.3 Å². The molecule has 1 aromatic rings. The number of fused-ring (bicyclic) bond motifs is 3. The molecule has 74 valence electrons. The van der Waals surface area contributed by atoms with Crippen molar-refractivity contribution in [2.24, 2.45) is 0 Å². The van der Waals surface area contributed by atoms with Crippen LogP contribution in [0.3, 0.4) is 0 Å². The summed E-state index contributed by atoms with van der Waals surface area (Å²) < 4.78 is 0. The van der Waals surface area contributed by atoms with Crippen molar-refractivity contribution in [3.63, 3.8) is 0 Å². The molecule has 2 nitrogen and oxygen atoms in total. The van der Waals surface area contributed by atoms with Crippen LogP contribution in [0.25, 0.3) is 0 Å². The van der Waals surface area contributed by atoms with E-state index < -0.39 is 0 Å². The molecule has 2 heteroatoms. The summed E-state index contributed by atoms with van der Waals surface area (Å²) in [4.78, 5) is 0. The summed E-state index contributed by atoms with van der Waals surface area (Å²) in [5.74, 6) is 0.400. The maximum atomic E-state index is 9.51. The Hall–Kier alpha value is -1.02. The number of phenols is 1. The fraction of sp³-hybridized carbons (Fsp3) is 0.500. The Morgan fingerprint density at radius 3 is 3.21 bits per heavy atom. The lowest BCUT2D eigenvalue weighted by molar-refractivity contribution is 0.433. The predicted molar refractivity (Wildman–Crippen MR) is 55.6 cm³/mol. The fourth-order valence-electron chi connectivity index (χ4n) is 3.02. The normalized spacial score (nSPS) is 34.2. The van der Waals surface area contributed by atoms with Crippen molar-refractivity contribution in [3.8, 4) is 5.75 Å². The van der Waals surface area contributed by atoms with Crippen LogP contribution in [-0.2, 0) is 11.8 Å². The van der Waals surface area contributed by atoms with Gasteiger partial charge in [0, 0.05) is 11.5 Å². The molecule has 1 heterocycles. The number of benzene rings is 1. The number of nitrogens with one attached hydrogen (secondary N) is 1. The average Bonchev–Trinajstić information content (AvgIpc) is 2.62. The predicted octanol–water partition coefficient (Wildman–Crippen LogP) is 1.57. The number of hydrogen-bond acceptors (Lipinski definition) is 2. The molecule has 2 atom stereocenters. The highest BCUT2D eigenvalue weighted by atomic mass is 16.3. The summed E-state index contributed by atoms with van der Waals surface area (Å²) in [6, 6.07) is 6.39. The molecule has 1 saturated heterocycles. The molecule has 0 amide bonds.